The summed E-state index contributed by atoms with van der Waals surface area (Å²) in [5.41, 5.74) is 11.2. The van der Waals surface area contributed by atoms with Gasteiger partial charge in [-0.15, -0.1) is 33.9 Å². The summed E-state index contributed by atoms with van der Waals surface area (Å²) in [6.07, 6.45) is 1.99. The number of aromatic nitrogens is 3. The summed E-state index contributed by atoms with van der Waals surface area (Å²) in [7, 11) is 1.33. The Labute approximate surface area is 294 Å². The van der Waals surface area contributed by atoms with E-state index in [-0.39, 0.29) is 37.1 Å². The molecule has 254 valence electrons. The lowest BCUT2D eigenvalue weighted by Crippen LogP contribution is -2.27. The zero-order chi connectivity index (χ0) is 33.7. The van der Waals surface area contributed by atoms with Crippen LogP contribution < -0.4 is 16.4 Å². The number of fused-ring (bicyclic) bond motifs is 3. The van der Waals surface area contributed by atoms with Crippen molar-refractivity contribution in [1.29, 1.82) is 0 Å². The third kappa shape index (κ3) is 8.12. The number of carbonyl (C=O) groups excluding carboxylic acids is 3. The van der Waals surface area contributed by atoms with Gasteiger partial charge in [-0.3, -0.25) is 19.1 Å². The third-order valence-corrected chi connectivity index (χ3v) is 9.53. The smallest absolute Gasteiger partial charge is 0.338 e. The largest absolute Gasteiger partial charge is 0.465 e. The molecule has 1 aliphatic heterocycles. The SMILES string of the molecule is COC(=O)c1ccc(NC(=O)CCCNC(=O)C[C@@H]2N=C(c3ccc(Cl)cc3)c3c(sc(C)c3C)-n3c(C)nnc32)cc1CCCN.Cl. The van der Waals surface area contributed by atoms with E-state index in [1.165, 1.54) is 12.0 Å². The van der Waals surface area contributed by atoms with E-state index in [4.69, 9.17) is 27.1 Å². The van der Waals surface area contributed by atoms with Crippen LogP contribution in [0.25, 0.3) is 5.00 Å². The Morgan fingerprint density at radius 3 is 2.50 bits per heavy atom. The van der Waals surface area contributed by atoms with Crippen LogP contribution in [0.2, 0.25) is 5.02 Å². The molecule has 4 aromatic rings. The summed E-state index contributed by atoms with van der Waals surface area (Å²) in [5.74, 6) is 0.489. The minimum absolute atomic E-state index is 0. The Morgan fingerprint density at radius 1 is 1.04 bits per heavy atom. The number of carbonyl (C=O) groups is 3. The van der Waals surface area contributed by atoms with Gasteiger partial charge in [-0.1, -0.05) is 23.7 Å². The van der Waals surface area contributed by atoms with Crippen molar-refractivity contribution < 1.29 is 19.1 Å². The number of benzene rings is 2. The zero-order valence-corrected chi connectivity index (χ0v) is 29.7. The Balaban J connectivity index is 0.00000520. The van der Waals surface area contributed by atoms with Crippen molar-refractivity contribution in [2.45, 2.75) is 58.9 Å². The minimum atomic E-state index is -0.578. The first-order chi connectivity index (χ1) is 22.6. The van der Waals surface area contributed by atoms with Crippen molar-refractivity contribution in [2.75, 3.05) is 25.5 Å². The highest BCUT2D eigenvalue weighted by atomic mass is 35.5. The predicted molar refractivity (Wildman–Crippen MR) is 191 cm³/mol. The molecule has 48 heavy (non-hydrogen) atoms. The van der Waals surface area contributed by atoms with E-state index in [9.17, 15) is 14.4 Å². The molecule has 0 saturated heterocycles. The van der Waals surface area contributed by atoms with Crippen LogP contribution in [0.5, 0.6) is 0 Å². The number of nitrogens with one attached hydrogen (secondary N) is 2. The van der Waals surface area contributed by atoms with Crippen molar-refractivity contribution in [3.8, 4) is 5.00 Å². The standard InChI is InChI=1S/C34H38ClN7O4S.ClH/c1-19-20(2)47-33-30(19)31(22-9-11-24(35)12-10-22)39-27(32-41-40-21(3)42(32)33)18-29(44)37-16-6-8-28(43)38-25-13-14-26(34(45)46-4)23(17-25)7-5-15-36;/h9-14,17,27H,5-8,15-16,18,36H2,1-4H3,(H,37,44)(H,38,43);1H/t27-;/m0./s1. The van der Waals surface area contributed by atoms with Crippen LogP contribution in [-0.2, 0) is 20.7 Å². The van der Waals surface area contributed by atoms with Gasteiger partial charge in [0, 0.05) is 39.7 Å². The maximum Gasteiger partial charge on any atom is 0.338 e. The van der Waals surface area contributed by atoms with E-state index in [1.807, 2.05) is 35.8 Å². The van der Waals surface area contributed by atoms with Gasteiger partial charge in [0.2, 0.25) is 11.8 Å². The molecule has 0 fully saturated rings. The van der Waals surface area contributed by atoms with Crippen molar-refractivity contribution in [2.24, 2.45) is 10.7 Å². The number of esters is 1. The molecule has 2 aromatic carbocycles. The highest BCUT2D eigenvalue weighted by Gasteiger charge is 2.32. The van der Waals surface area contributed by atoms with Gasteiger partial charge in [-0.2, -0.15) is 0 Å². The van der Waals surface area contributed by atoms with E-state index >= 15 is 0 Å². The van der Waals surface area contributed by atoms with E-state index in [2.05, 4.69) is 34.7 Å². The second-order valence-electron chi connectivity index (χ2n) is 11.4. The molecule has 4 N–H and O–H groups in total. The molecule has 0 bridgehead atoms. The molecule has 0 radical (unpaired) electrons. The van der Waals surface area contributed by atoms with Gasteiger partial charge in [-0.25, -0.2) is 4.79 Å². The summed E-state index contributed by atoms with van der Waals surface area (Å²) in [6.45, 7) is 6.85. The van der Waals surface area contributed by atoms with Crippen LogP contribution in [0.15, 0.2) is 47.5 Å². The maximum absolute atomic E-state index is 13.2. The van der Waals surface area contributed by atoms with Crippen LogP contribution in [0, 0.1) is 20.8 Å². The van der Waals surface area contributed by atoms with Crippen molar-refractivity contribution >= 4 is 64.5 Å². The average molecular weight is 713 g/mol. The number of amides is 2. The summed E-state index contributed by atoms with van der Waals surface area (Å²) >= 11 is 7.85. The number of hydrogen-bond acceptors (Lipinski definition) is 9. The number of thiophene rings is 1. The van der Waals surface area contributed by atoms with E-state index < -0.39 is 12.0 Å². The van der Waals surface area contributed by atoms with Gasteiger partial charge in [0.05, 0.1) is 24.8 Å². The molecule has 0 unspecified atom stereocenters. The average Bonchev–Trinajstić information content (AvgIpc) is 3.53. The first-order valence-corrected chi connectivity index (χ1v) is 16.6. The van der Waals surface area contributed by atoms with Gasteiger partial charge in [-0.05, 0) is 88.0 Å². The lowest BCUT2D eigenvalue weighted by molar-refractivity contribution is -0.122. The molecule has 2 amide bonds. The number of methoxy groups -OCH3 is 1. The summed E-state index contributed by atoms with van der Waals surface area (Å²) in [4.78, 5) is 44.4. The van der Waals surface area contributed by atoms with Gasteiger partial charge in [0.15, 0.2) is 5.82 Å². The van der Waals surface area contributed by atoms with Gasteiger partial charge < -0.3 is 21.1 Å². The van der Waals surface area contributed by atoms with Crippen molar-refractivity contribution in [3.63, 3.8) is 0 Å². The number of ether oxygens (including phenoxy) is 1. The van der Waals surface area contributed by atoms with Crippen LogP contribution in [-0.4, -0.2) is 58.5 Å². The van der Waals surface area contributed by atoms with Gasteiger partial charge in [0.25, 0.3) is 0 Å². The number of anilines is 1. The van der Waals surface area contributed by atoms with Crippen LogP contribution in [0.4, 0.5) is 5.69 Å². The van der Waals surface area contributed by atoms with Crippen LogP contribution >= 0.6 is 35.3 Å². The lowest BCUT2D eigenvalue weighted by atomic mass is 9.99. The molecule has 2 aromatic heterocycles. The number of hydrogen-bond donors (Lipinski definition) is 3. The summed E-state index contributed by atoms with van der Waals surface area (Å²) in [6, 6.07) is 12.1. The Kier molecular flexibility index (Phi) is 12.5. The fourth-order valence-electron chi connectivity index (χ4n) is 5.56. The monoisotopic (exact) mass is 711 g/mol. The number of nitrogens with two attached hydrogens (primary N) is 1. The summed E-state index contributed by atoms with van der Waals surface area (Å²) < 4.78 is 6.88. The Hall–Kier alpha value is -4.10. The van der Waals surface area contributed by atoms with Gasteiger partial charge in [0.1, 0.15) is 16.9 Å². The number of aryl methyl sites for hydroxylation is 3. The number of aliphatic imine (C=N–C) groups is 1. The Morgan fingerprint density at radius 2 is 1.79 bits per heavy atom. The Bertz CT molecular complexity index is 1840. The third-order valence-electron chi connectivity index (χ3n) is 8.08. The van der Waals surface area contributed by atoms with Gasteiger partial charge >= 0.3 is 5.97 Å². The molecule has 11 nitrogen and oxygen atoms in total. The molecule has 0 saturated carbocycles. The fraction of sp³-hybridized carbons (Fsp3) is 0.353. The number of halogens is 2. The minimum Gasteiger partial charge on any atom is -0.465 e. The zero-order valence-electron chi connectivity index (χ0n) is 27.3. The normalized spacial score (nSPS) is 13.4. The fourth-order valence-corrected chi connectivity index (χ4v) is 6.90. The number of rotatable bonds is 12. The quantitative estimate of drug-likeness (QED) is 0.124. The molecular weight excluding hydrogens is 673 g/mol. The van der Waals surface area contributed by atoms with Crippen LogP contribution in [0.1, 0.15) is 80.9 Å². The van der Waals surface area contributed by atoms with E-state index in [1.54, 1.807) is 29.5 Å². The maximum atomic E-state index is 13.2. The molecule has 3 heterocycles. The van der Waals surface area contributed by atoms with Crippen molar-refractivity contribution in [3.05, 3.63) is 91.8 Å². The summed E-state index contributed by atoms with van der Waals surface area (Å²) in [5, 5.41) is 16.2. The highest BCUT2D eigenvalue weighted by Crippen LogP contribution is 2.39. The first-order valence-electron chi connectivity index (χ1n) is 15.5. The molecule has 14 heteroatoms. The molecule has 0 aliphatic carbocycles. The van der Waals surface area contributed by atoms with E-state index in [0.717, 1.165) is 38.8 Å². The number of nitrogens with zero attached hydrogens (tertiary/aromatic N) is 4. The molecule has 0 spiro atoms. The van der Waals surface area contributed by atoms with E-state index in [0.29, 0.717) is 54.4 Å². The second-order valence-corrected chi connectivity index (χ2v) is 13.0. The predicted octanol–water partition coefficient (Wildman–Crippen LogP) is 5.82. The molecule has 1 aliphatic rings. The van der Waals surface area contributed by atoms with Crippen molar-refractivity contribution in [1.82, 2.24) is 20.1 Å². The topological polar surface area (TPSA) is 154 Å². The highest BCUT2D eigenvalue weighted by molar-refractivity contribution is 7.15. The molecule has 5 rings (SSSR count). The lowest BCUT2D eigenvalue weighted by Gasteiger charge is -2.13. The molecular formula is C34H39Cl2N7O4S. The first kappa shape index (κ1) is 36.7. The second kappa shape index (κ2) is 16.3. The van der Waals surface area contributed by atoms with Crippen LogP contribution in [0.3, 0.4) is 0 Å². The molecule has 1 atom stereocenters.